The number of aromatic nitrogens is 3. The molecule has 2 rings (SSSR count). The normalized spacial score (nSPS) is 10.6. The van der Waals surface area contributed by atoms with Crippen molar-refractivity contribution >= 4 is 5.91 Å². The first kappa shape index (κ1) is 15.0. The zero-order valence-corrected chi connectivity index (χ0v) is 12.3. The van der Waals surface area contributed by atoms with Gasteiger partial charge in [-0.15, -0.1) is 0 Å². The summed E-state index contributed by atoms with van der Waals surface area (Å²) >= 11 is 0. The molecular weight excluding hydrogens is 272 g/mol. The van der Waals surface area contributed by atoms with Crippen molar-refractivity contribution in [3.63, 3.8) is 0 Å². The zero-order chi connectivity index (χ0) is 15.4. The van der Waals surface area contributed by atoms with E-state index >= 15 is 0 Å². The fourth-order valence-electron chi connectivity index (χ4n) is 2.11. The van der Waals surface area contributed by atoms with Gasteiger partial charge in [0.25, 0.3) is 11.5 Å². The van der Waals surface area contributed by atoms with Crippen molar-refractivity contribution < 1.29 is 9.32 Å². The highest BCUT2D eigenvalue weighted by atomic mass is 16.5. The SMILES string of the molecule is Cc1noc(CCCNC(=O)c2c(C)cc(C)[nH]c2=O)n1. The smallest absolute Gasteiger partial charge is 0.261 e. The Kier molecular flexibility index (Phi) is 4.52. The average Bonchev–Trinajstić information content (AvgIpc) is 2.79. The number of carbonyl (C=O) groups excluding carboxylic acids is 1. The highest BCUT2D eigenvalue weighted by Crippen LogP contribution is 2.04. The molecular formula is C14H18N4O3. The molecule has 0 aliphatic carbocycles. The largest absolute Gasteiger partial charge is 0.352 e. The van der Waals surface area contributed by atoms with Crippen molar-refractivity contribution in [3.8, 4) is 0 Å². The van der Waals surface area contributed by atoms with E-state index in [0.29, 0.717) is 36.7 Å². The molecule has 0 aromatic carbocycles. The topological polar surface area (TPSA) is 101 Å². The van der Waals surface area contributed by atoms with E-state index in [4.69, 9.17) is 4.52 Å². The molecule has 0 spiro atoms. The number of nitrogens with one attached hydrogen (secondary N) is 2. The third kappa shape index (κ3) is 3.77. The number of carbonyl (C=O) groups is 1. The van der Waals surface area contributed by atoms with Crippen molar-refractivity contribution in [1.29, 1.82) is 0 Å². The fourth-order valence-corrected chi connectivity index (χ4v) is 2.11. The van der Waals surface area contributed by atoms with Gasteiger partial charge in [-0.3, -0.25) is 9.59 Å². The molecule has 0 radical (unpaired) electrons. The van der Waals surface area contributed by atoms with E-state index in [9.17, 15) is 9.59 Å². The number of aromatic amines is 1. The molecule has 0 saturated carbocycles. The highest BCUT2D eigenvalue weighted by molar-refractivity contribution is 5.95. The first-order chi connectivity index (χ1) is 9.97. The van der Waals surface area contributed by atoms with Crippen LogP contribution in [0, 0.1) is 20.8 Å². The molecule has 7 heteroatoms. The minimum absolute atomic E-state index is 0.161. The summed E-state index contributed by atoms with van der Waals surface area (Å²) in [6, 6.07) is 1.78. The molecule has 2 N–H and O–H groups in total. The summed E-state index contributed by atoms with van der Waals surface area (Å²) in [6.45, 7) is 5.72. The lowest BCUT2D eigenvalue weighted by Crippen LogP contribution is -2.31. The molecule has 0 bridgehead atoms. The van der Waals surface area contributed by atoms with Gasteiger partial charge in [-0.2, -0.15) is 4.98 Å². The van der Waals surface area contributed by atoms with Crippen molar-refractivity contribution in [2.45, 2.75) is 33.6 Å². The van der Waals surface area contributed by atoms with E-state index in [0.717, 1.165) is 5.69 Å². The Morgan fingerprint density at radius 2 is 2.14 bits per heavy atom. The Morgan fingerprint density at radius 1 is 1.38 bits per heavy atom. The van der Waals surface area contributed by atoms with Gasteiger partial charge in [0.15, 0.2) is 5.82 Å². The molecule has 0 saturated heterocycles. The molecule has 0 aliphatic rings. The summed E-state index contributed by atoms with van der Waals surface area (Å²) in [5.74, 6) is 0.775. The second-order valence-electron chi connectivity index (χ2n) is 4.93. The van der Waals surface area contributed by atoms with Crippen molar-refractivity contribution in [1.82, 2.24) is 20.4 Å². The Labute approximate surface area is 121 Å². The minimum atomic E-state index is -0.365. The molecule has 0 fully saturated rings. The van der Waals surface area contributed by atoms with Crippen molar-refractivity contribution in [2.24, 2.45) is 0 Å². The number of nitrogens with zero attached hydrogens (tertiary/aromatic N) is 2. The van der Waals surface area contributed by atoms with E-state index in [2.05, 4.69) is 20.4 Å². The Balaban J connectivity index is 1.89. The number of amides is 1. The lowest BCUT2D eigenvalue weighted by Gasteiger charge is -2.07. The van der Waals surface area contributed by atoms with Gasteiger partial charge in [-0.05, 0) is 38.8 Å². The second kappa shape index (κ2) is 6.34. The summed E-state index contributed by atoms with van der Waals surface area (Å²) in [5.41, 5.74) is 1.20. The predicted octanol–water partition coefficient (Wildman–Crippen LogP) is 1.05. The van der Waals surface area contributed by atoms with Crippen LogP contribution in [0.25, 0.3) is 0 Å². The van der Waals surface area contributed by atoms with Crippen LogP contribution in [0.15, 0.2) is 15.4 Å². The van der Waals surface area contributed by atoms with Gasteiger partial charge in [0.2, 0.25) is 5.89 Å². The lowest BCUT2D eigenvalue weighted by molar-refractivity contribution is 0.0950. The predicted molar refractivity (Wildman–Crippen MR) is 76.2 cm³/mol. The summed E-state index contributed by atoms with van der Waals surface area (Å²) < 4.78 is 4.98. The van der Waals surface area contributed by atoms with Gasteiger partial charge in [0, 0.05) is 18.7 Å². The van der Waals surface area contributed by atoms with Crippen LogP contribution < -0.4 is 10.9 Å². The summed E-state index contributed by atoms with van der Waals surface area (Å²) in [6.07, 6.45) is 1.25. The highest BCUT2D eigenvalue weighted by Gasteiger charge is 2.13. The molecule has 1 amide bonds. The fraction of sp³-hybridized carbons (Fsp3) is 0.429. The quantitative estimate of drug-likeness (QED) is 0.801. The third-order valence-electron chi connectivity index (χ3n) is 3.01. The van der Waals surface area contributed by atoms with E-state index < -0.39 is 0 Å². The van der Waals surface area contributed by atoms with Crippen LogP contribution in [0.5, 0.6) is 0 Å². The van der Waals surface area contributed by atoms with Crippen molar-refractivity contribution in [2.75, 3.05) is 6.54 Å². The summed E-state index contributed by atoms with van der Waals surface area (Å²) in [5, 5.41) is 6.42. The van der Waals surface area contributed by atoms with Crippen LogP contribution in [0.4, 0.5) is 0 Å². The molecule has 0 atom stereocenters. The number of hydrogen-bond acceptors (Lipinski definition) is 5. The molecule has 0 unspecified atom stereocenters. The van der Waals surface area contributed by atoms with Gasteiger partial charge >= 0.3 is 0 Å². The maximum atomic E-state index is 12.0. The maximum Gasteiger partial charge on any atom is 0.261 e. The second-order valence-corrected chi connectivity index (χ2v) is 4.93. The third-order valence-corrected chi connectivity index (χ3v) is 3.01. The number of pyridine rings is 1. The van der Waals surface area contributed by atoms with Gasteiger partial charge in [-0.1, -0.05) is 5.16 Å². The van der Waals surface area contributed by atoms with Crippen LogP contribution in [-0.2, 0) is 6.42 Å². The van der Waals surface area contributed by atoms with Crippen LogP contribution >= 0.6 is 0 Å². The molecule has 7 nitrogen and oxygen atoms in total. The average molecular weight is 290 g/mol. The van der Waals surface area contributed by atoms with Crippen LogP contribution in [-0.4, -0.2) is 27.6 Å². The van der Waals surface area contributed by atoms with E-state index in [1.54, 1.807) is 26.8 Å². The van der Waals surface area contributed by atoms with Crippen LogP contribution in [0.3, 0.4) is 0 Å². The number of rotatable bonds is 5. The Hall–Kier alpha value is -2.44. The van der Waals surface area contributed by atoms with Crippen LogP contribution in [0.2, 0.25) is 0 Å². The molecule has 2 aromatic rings. The molecule has 0 aliphatic heterocycles. The van der Waals surface area contributed by atoms with Gasteiger partial charge in [-0.25, -0.2) is 0 Å². The van der Waals surface area contributed by atoms with Crippen molar-refractivity contribution in [3.05, 3.63) is 45.0 Å². The van der Waals surface area contributed by atoms with Gasteiger partial charge in [0.05, 0.1) is 0 Å². The molecule has 2 aromatic heterocycles. The van der Waals surface area contributed by atoms with E-state index in [1.165, 1.54) is 0 Å². The Morgan fingerprint density at radius 3 is 2.76 bits per heavy atom. The number of hydrogen-bond donors (Lipinski definition) is 2. The summed E-state index contributed by atoms with van der Waals surface area (Å²) in [7, 11) is 0. The molecule has 2 heterocycles. The number of aryl methyl sites for hydroxylation is 4. The monoisotopic (exact) mass is 290 g/mol. The molecule has 112 valence electrons. The zero-order valence-electron chi connectivity index (χ0n) is 12.3. The first-order valence-electron chi connectivity index (χ1n) is 6.75. The van der Waals surface area contributed by atoms with Gasteiger partial charge < -0.3 is 14.8 Å². The number of H-pyrrole nitrogens is 1. The molecule has 21 heavy (non-hydrogen) atoms. The van der Waals surface area contributed by atoms with E-state index in [-0.39, 0.29) is 17.0 Å². The van der Waals surface area contributed by atoms with Gasteiger partial charge in [0.1, 0.15) is 5.56 Å². The maximum absolute atomic E-state index is 12.0. The lowest BCUT2D eigenvalue weighted by atomic mass is 10.1. The summed E-state index contributed by atoms with van der Waals surface area (Å²) in [4.78, 5) is 30.5. The minimum Gasteiger partial charge on any atom is -0.352 e. The first-order valence-corrected chi connectivity index (χ1v) is 6.75. The van der Waals surface area contributed by atoms with E-state index in [1.807, 2.05) is 0 Å². The standard InChI is InChI=1S/C14H18N4O3/c1-8-7-9(2)16-14(20)12(8)13(19)15-6-4-5-11-17-10(3)18-21-11/h7H,4-6H2,1-3H3,(H,15,19)(H,16,20). The Bertz CT molecular complexity index is 702. The van der Waals surface area contributed by atoms with Crippen LogP contribution in [0.1, 0.15) is 39.8 Å².